The summed E-state index contributed by atoms with van der Waals surface area (Å²) in [6.45, 7) is 6.97. The SMILES string of the molecule is CC1=C(C)C(c2c(C)n(C)c3ccccc23)N(CCc2ccccc2)C1=O. The Balaban J connectivity index is 1.77. The molecule has 2 heterocycles. The minimum Gasteiger partial charge on any atom is -0.348 e. The number of hydrogen-bond acceptors (Lipinski definition) is 1. The van der Waals surface area contributed by atoms with Gasteiger partial charge in [0.25, 0.3) is 0 Å². The van der Waals surface area contributed by atoms with E-state index in [1.54, 1.807) is 0 Å². The van der Waals surface area contributed by atoms with Gasteiger partial charge in [0, 0.05) is 41.3 Å². The van der Waals surface area contributed by atoms with Crippen LogP contribution in [-0.2, 0) is 18.3 Å². The summed E-state index contributed by atoms with van der Waals surface area (Å²) in [7, 11) is 2.11. The summed E-state index contributed by atoms with van der Waals surface area (Å²) in [5.74, 6) is 0.167. The molecular weight excluding hydrogens is 332 g/mol. The zero-order valence-electron chi connectivity index (χ0n) is 16.5. The summed E-state index contributed by atoms with van der Waals surface area (Å²) in [5, 5.41) is 1.24. The van der Waals surface area contributed by atoms with Gasteiger partial charge in [-0.1, -0.05) is 48.5 Å². The van der Waals surface area contributed by atoms with Crippen molar-refractivity contribution in [3.8, 4) is 0 Å². The Morgan fingerprint density at radius 2 is 1.59 bits per heavy atom. The quantitative estimate of drug-likeness (QED) is 0.648. The van der Waals surface area contributed by atoms with Crippen LogP contribution in [0.4, 0.5) is 0 Å². The van der Waals surface area contributed by atoms with Gasteiger partial charge in [-0.15, -0.1) is 0 Å². The molecule has 0 saturated carbocycles. The van der Waals surface area contributed by atoms with Crippen molar-refractivity contribution in [2.45, 2.75) is 33.2 Å². The van der Waals surface area contributed by atoms with Gasteiger partial charge in [0.1, 0.15) is 0 Å². The van der Waals surface area contributed by atoms with E-state index in [0.717, 1.165) is 18.5 Å². The predicted molar refractivity (Wildman–Crippen MR) is 111 cm³/mol. The predicted octanol–water partition coefficient (Wildman–Crippen LogP) is 4.95. The number of para-hydroxylation sites is 1. The third-order valence-corrected chi connectivity index (χ3v) is 6.10. The minimum absolute atomic E-state index is 0.0207. The number of aryl methyl sites for hydroxylation is 1. The van der Waals surface area contributed by atoms with Crippen molar-refractivity contribution in [2.75, 3.05) is 6.54 Å². The lowest BCUT2D eigenvalue weighted by atomic mass is 9.96. The van der Waals surface area contributed by atoms with Crippen LogP contribution < -0.4 is 0 Å². The van der Waals surface area contributed by atoms with E-state index >= 15 is 0 Å². The van der Waals surface area contributed by atoms with E-state index in [1.165, 1.54) is 33.3 Å². The molecule has 27 heavy (non-hydrogen) atoms. The monoisotopic (exact) mass is 358 g/mol. The maximum atomic E-state index is 13.0. The Morgan fingerprint density at radius 1 is 0.926 bits per heavy atom. The van der Waals surface area contributed by atoms with E-state index in [2.05, 4.69) is 78.9 Å². The van der Waals surface area contributed by atoms with Gasteiger partial charge in [-0.25, -0.2) is 0 Å². The molecular formula is C24H26N2O. The molecule has 1 aromatic heterocycles. The first-order valence-corrected chi connectivity index (χ1v) is 9.57. The number of amides is 1. The largest absolute Gasteiger partial charge is 0.348 e. The van der Waals surface area contributed by atoms with E-state index in [1.807, 2.05) is 13.0 Å². The smallest absolute Gasteiger partial charge is 0.250 e. The fourth-order valence-corrected chi connectivity index (χ4v) is 4.33. The zero-order valence-corrected chi connectivity index (χ0v) is 16.5. The van der Waals surface area contributed by atoms with Crippen LogP contribution >= 0.6 is 0 Å². The fourth-order valence-electron chi connectivity index (χ4n) is 4.33. The van der Waals surface area contributed by atoms with Crippen molar-refractivity contribution in [2.24, 2.45) is 7.05 Å². The summed E-state index contributed by atoms with van der Waals surface area (Å²) in [6, 6.07) is 18.9. The van der Waals surface area contributed by atoms with E-state index in [0.29, 0.717) is 0 Å². The lowest BCUT2D eigenvalue weighted by Gasteiger charge is -2.27. The van der Waals surface area contributed by atoms with Crippen LogP contribution in [0.2, 0.25) is 0 Å². The number of carbonyl (C=O) groups excluding carboxylic acids is 1. The Kier molecular flexibility index (Phi) is 4.39. The van der Waals surface area contributed by atoms with Gasteiger partial charge in [0.2, 0.25) is 5.91 Å². The van der Waals surface area contributed by atoms with Gasteiger partial charge in [-0.05, 0) is 44.4 Å². The molecule has 1 aliphatic heterocycles. The van der Waals surface area contributed by atoms with Gasteiger partial charge in [0.05, 0.1) is 6.04 Å². The first kappa shape index (κ1) is 17.6. The second-order valence-corrected chi connectivity index (χ2v) is 7.52. The second-order valence-electron chi connectivity index (χ2n) is 7.52. The van der Waals surface area contributed by atoms with Crippen molar-refractivity contribution in [3.63, 3.8) is 0 Å². The highest BCUT2D eigenvalue weighted by Crippen LogP contribution is 2.42. The molecule has 1 atom stereocenters. The molecule has 0 fully saturated rings. The summed E-state index contributed by atoms with van der Waals surface area (Å²) < 4.78 is 2.24. The summed E-state index contributed by atoms with van der Waals surface area (Å²) >= 11 is 0. The average Bonchev–Trinajstić information content (AvgIpc) is 3.06. The third kappa shape index (κ3) is 2.78. The van der Waals surface area contributed by atoms with Gasteiger partial charge >= 0.3 is 0 Å². The van der Waals surface area contributed by atoms with Crippen molar-refractivity contribution < 1.29 is 4.79 Å². The summed E-state index contributed by atoms with van der Waals surface area (Å²) in [6.07, 6.45) is 0.869. The van der Waals surface area contributed by atoms with Crippen LogP contribution in [0.25, 0.3) is 10.9 Å². The van der Waals surface area contributed by atoms with Crippen LogP contribution in [0.1, 0.15) is 36.7 Å². The molecule has 1 unspecified atom stereocenters. The van der Waals surface area contributed by atoms with Crippen molar-refractivity contribution in [1.82, 2.24) is 9.47 Å². The molecule has 3 heteroatoms. The Bertz CT molecular complexity index is 1040. The first-order valence-electron chi connectivity index (χ1n) is 9.57. The number of benzene rings is 2. The van der Waals surface area contributed by atoms with E-state index in [4.69, 9.17) is 0 Å². The van der Waals surface area contributed by atoms with Crippen molar-refractivity contribution in [1.29, 1.82) is 0 Å². The van der Waals surface area contributed by atoms with Crippen LogP contribution in [0.5, 0.6) is 0 Å². The fraction of sp³-hybridized carbons (Fsp3) is 0.292. The van der Waals surface area contributed by atoms with E-state index in [-0.39, 0.29) is 11.9 Å². The number of nitrogens with zero attached hydrogens (tertiary/aromatic N) is 2. The molecule has 3 aromatic rings. The number of fused-ring (bicyclic) bond motifs is 1. The molecule has 0 aliphatic carbocycles. The Morgan fingerprint density at radius 3 is 2.33 bits per heavy atom. The van der Waals surface area contributed by atoms with Crippen LogP contribution in [-0.4, -0.2) is 21.9 Å². The molecule has 0 N–H and O–H groups in total. The van der Waals surface area contributed by atoms with Crippen LogP contribution in [0, 0.1) is 6.92 Å². The first-order chi connectivity index (χ1) is 13.0. The lowest BCUT2D eigenvalue weighted by Crippen LogP contribution is -2.32. The molecule has 3 nitrogen and oxygen atoms in total. The Hall–Kier alpha value is -2.81. The molecule has 138 valence electrons. The maximum Gasteiger partial charge on any atom is 0.250 e. The van der Waals surface area contributed by atoms with E-state index < -0.39 is 0 Å². The van der Waals surface area contributed by atoms with E-state index in [9.17, 15) is 4.79 Å². The minimum atomic E-state index is 0.0207. The number of hydrogen-bond donors (Lipinski definition) is 0. The molecule has 0 bridgehead atoms. The standard InChI is InChI=1S/C24H26N2O/c1-16-17(2)24(27)26(15-14-19-10-6-5-7-11-19)23(16)22-18(3)25(4)21-13-9-8-12-20(21)22/h5-13,23H,14-15H2,1-4H3. The third-order valence-electron chi connectivity index (χ3n) is 6.10. The summed E-state index contributed by atoms with van der Waals surface area (Å²) in [4.78, 5) is 15.1. The Labute approximate surface area is 160 Å². The number of carbonyl (C=O) groups is 1. The molecule has 0 saturated heterocycles. The average molecular weight is 358 g/mol. The van der Waals surface area contributed by atoms with Gasteiger partial charge < -0.3 is 9.47 Å². The maximum absolute atomic E-state index is 13.0. The van der Waals surface area contributed by atoms with Gasteiger partial charge in [-0.3, -0.25) is 4.79 Å². The molecule has 1 amide bonds. The topological polar surface area (TPSA) is 25.2 Å². The molecule has 2 aromatic carbocycles. The zero-order chi connectivity index (χ0) is 19.1. The second kappa shape index (κ2) is 6.73. The number of rotatable bonds is 4. The highest BCUT2D eigenvalue weighted by molar-refractivity contribution is 5.98. The molecule has 0 spiro atoms. The van der Waals surface area contributed by atoms with Crippen LogP contribution in [0.3, 0.4) is 0 Å². The van der Waals surface area contributed by atoms with Crippen molar-refractivity contribution in [3.05, 3.63) is 82.6 Å². The molecule has 0 radical (unpaired) electrons. The molecule has 1 aliphatic rings. The van der Waals surface area contributed by atoms with Crippen molar-refractivity contribution >= 4 is 16.8 Å². The van der Waals surface area contributed by atoms with Gasteiger partial charge in [-0.2, -0.15) is 0 Å². The van der Waals surface area contributed by atoms with Gasteiger partial charge in [0.15, 0.2) is 0 Å². The normalized spacial score (nSPS) is 17.4. The molecule has 4 rings (SSSR count). The lowest BCUT2D eigenvalue weighted by molar-refractivity contribution is -0.127. The highest BCUT2D eigenvalue weighted by atomic mass is 16.2. The number of aromatic nitrogens is 1. The highest BCUT2D eigenvalue weighted by Gasteiger charge is 2.37. The van der Waals surface area contributed by atoms with Crippen LogP contribution in [0.15, 0.2) is 65.7 Å². The summed E-state index contributed by atoms with van der Waals surface area (Å²) in [5.41, 5.74) is 7.04.